The normalized spacial score (nSPS) is 18.2. The molecule has 2 N–H and O–H groups in total. The molecule has 2 aromatic rings. The third-order valence-electron chi connectivity index (χ3n) is 4.51. The van der Waals surface area contributed by atoms with Gasteiger partial charge in [-0.3, -0.25) is 4.68 Å². The number of fused-ring (bicyclic) bond motifs is 1. The van der Waals surface area contributed by atoms with Gasteiger partial charge in [0.2, 0.25) is 0 Å². The Hall–Kier alpha value is -1.26. The van der Waals surface area contributed by atoms with Crippen molar-refractivity contribution in [3.63, 3.8) is 0 Å². The van der Waals surface area contributed by atoms with Gasteiger partial charge in [-0.2, -0.15) is 5.10 Å². The lowest BCUT2D eigenvalue weighted by Crippen LogP contribution is -2.37. The van der Waals surface area contributed by atoms with Crippen molar-refractivity contribution in [3.05, 3.63) is 23.2 Å². The second-order valence-electron chi connectivity index (χ2n) is 6.00. The summed E-state index contributed by atoms with van der Waals surface area (Å²) in [6.07, 6.45) is 5.14. The Balaban J connectivity index is 1.70. The van der Waals surface area contributed by atoms with Crippen LogP contribution in [-0.4, -0.2) is 33.8 Å². The zero-order chi connectivity index (χ0) is 14.8. The van der Waals surface area contributed by atoms with E-state index < -0.39 is 0 Å². The summed E-state index contributed by atoms with van der Waals surface area (Å²) < 4.78 is 2.02. The smallest absolute Gasteiger partial charge is 0.153 e. The predicted molar refractivity (Wildman–Crippen MR) is 88.7 cm³/mol. The van der Waals surface area contributed by atoms with Crippen LogP contribution in [0, 0.1) is 0 Å². The molecule has 4 nitrogen and oxygen atoms in total. The Morgan fingerprint density at radius 2 is 2.05 bits per heavy atom. The number of piperidine rings is 1. The highest BCUT2D eigenvalue weighted by Crippen LogP contribution is 2.25. The summed E-state index contributed by atoms with van der Waals surface area (Å²) >= 11 is 6.03. The van der Waals surface area contributed by atoms with Crippen molar-refractivity contribution in [1.29, 1.82) is 0 Å². The highest BCUT2D eigenvalue weighted by Gasteiger charge is 2.17. The molecule has 1 fully saturated rings. The molecular weight excluding hydrogens is 284 g/mol. The fraction of sp³-hybridized carbons (Fsp3) is 0.562. The van der Waals surface area contributed by atoms with Crippen LogP contribution in [0.2, 0.25) is 5.02 Å². The standard InChI is InChI=1S/C16H23ClN4/c1-12(20-8-3-2-4-9-20)7-10-21-15-6-5-13(17)11-14(15)16(18)19-21/h5-6,11-12H,2-4,7-10H2,1H3,(H2,18,19). The molecule has 1 aliphatic heterocycles. The molecular formula is C16H23ClN4. The van der Waals surface area contributed by atoms with Crippen LogP contribution < -0.4 is 5.73 Å². The Bertz CT molecular complexity index is 616. The SMILES string of the molecule is CC(CCn1nc(N)c2cc(Cl)ccc21)N1CCCCC1. The number of nitrogens with two attached hydrogens (primary N) is 1. The first-order valence-corrected chi connectivity index (χ1v) is 8.18. The van der Waals surface area contributed by atoms with Gasteiger partial charge >= 0.3 is 0 Å². The largest absolute Gasteiger partial charge is 0.382 e. The first-order valence-electron chi connectivity index (χ1n) is 7.81. The lowest BCUT2D eigenvalue weighted by atomic mass is 10.1. The number of hydrogen-bond acceptors (Lipinski definition) is 3. The fourth-order valence-corrected chi connectivity index (χ4v) is 3.37. The van der Waals surface area contributed by atoms with Gasteiger partial charge in [-0.15, -0.1) is 0 Å². The maximum atomic E-state index is 6.03. The highest BCUT2D eigenvalue weighted by molar-refractivity contribution is 6.31. The van der Waals surface area contributed by atoms with Gasteiger partial charge in [0.05, 0.1) is 5.52 Å². The van der Waals surface area contributed by atoms with Crippen LogP contribution in [0.5, 0.6) is 0 Å². The Morgan fingerprint density at radius 3 is 2.81 bits per heavy atom. The number of halogens is 1. The second kappa shape index (κ2) is 6.24. The first kappa shape index (κ1) is 14.7. The number of hydrogen-bond donors (Lipinski definition) is 1. The minimum absolute atomic E-state index is 0.568. The maximum absolute atomic E-state index is 6.03. The number of aromatic nitrogens is 2. The summed E-state index contributed by atoms with van der Waals surface area (Å²) in [5, 5.41) is 6.12. The van der Waals surface area contributed by atoms with E-state index >= 15 is 0 Å². The second-order valence-corrected chi connectivity index (χ2v) is 6.44. The average Bonchev–Trinajstić information content (AvgIpc) is 2.81. The number of aryl methyl sites for hydroxylation is 1. The molecule has 114 valence electrons. The van der Waals surface area contributed by atoms with E-state index in [4.69, 9.17) is 17.3 Å². The van der Waals surface area contributed by atoms with E-state index in [-0.39, 0.29) is 0 Å². The minimum Gasteiger partial charge on any atom is -0.382 e. The lowest BCUT2D eigenvalue weighted by Gasteiger charge is -2.32. The molecule has 1 unspecified atom stereocenters. The van der Waals surface area contributed by atoms with E-state index in [1.165, 1.54) is 32.4 Å². The van der Waals surface area contributed by atoms with E-state index in [0.717, 1.165) is 23.9 Å². The minimum atomic E-state index is 0.568. The zero-order valence-electron chi connectivity index (χ0n) is 12.6. The van der Waals surface area contributed by atoms with Gasteiger partial charge in [0, 0.05) is 23.0 Å². The number of anilines is 1. The third-order valence-corrected chi connectivity index (χ3v) is 4.75. The van der Waals surface area contributed by atoms with Crippen molar-refractivity contribution < 1.29 is 0 Å². The summed E-state index contributed by atoms with van der Waals surface area (Å²) in [6, 6.07) is 6.39. The molecule has 1 aromatic carbocycles. The number of likely N-dealkylation sites (tertiary alicyclic amines) is 1. The summed E-state index contributed by atoms with van der Waals surface area (Å²) in [4.78, 5) is 2.59. The van der Waals surface area contributed by atoms with Crippen LogP contribution in [-0.2, 0) is 6.54 Å². The number of benzene rings is 1. The molecule has 1 aromatic heterocycles. The Morgan fingerprint density at radius 1 is 1.29 bits per heavy atom. The molecule has 21 heavy (non-hydrogen) atoms. The van der Waals surface area contributed by atoms with Crippen LogP contribution in [0.15, 0.2) is 18.2 Å². The lowest BCUT2D eigenvalue weighted by molar-refractivity contribution is 0.162. The maximum Gasteiger partial charge on any atom is 0.153 e. The van der Waals surface area contributed by atoms with Crippen molar-refractivity contribution in [3.8, 4) is 0 Å². The zero-order valence-corrected chi connectivity index (χ0v) is 13.3. The van der Waals surface area contributed by atoms with Crippen molar-refractivity contribution >= 4 is 28.3 Å². The van der Waals surface area contributed by atoms with Crippen molar-refractivity contribution in [2.75, 3.05) is 18.8 Å². The molecule has 1 aliphatic rings. The fourth-order valence-electron chi connectivity index (χ4n) is 3.20. The van der Waals surface area contributed by atoms with Gasteiger partial charge in [0.15, 0.2) is 5.82 Å². The Kier molecular flexibility index (Phi) is 4.36. The molecule has 3 rings (SSSR count). The van der Waals surface area contributed by atoms with Crippen LogP contribution in [0.4, 0.5) is 5.82 Å². The first-order chi connectivity index (χ1) is 10.1. The van der Waals surface area contributed by atoms with E-state index in [0.29, 0.717) is 16.9 Å². The molecule has 0 aliphatic carbocycles. The quantitative estimate of drug-likeness (QED) is 0.940. The van der Waals surface area contributed by atoms with Gasteiger partial charge in [-0.25, -0.2) is 0 Å². The molecule has 0 radical (unpaired) electrons. The molecule has 1 saturated heterocycles. The predicted octanol–water partition coefficient (Wildman–Crippen LogP) is 3.54. The number of rotatable bonds is 4. The molecule has 0 amide bonds. The molecule has 0 bridgehead atoms. The molecule has 0 spiro atoms. The number of nitrogens with zero attached hydrogens (tertiary/aromatic N) is 3. The van der Waals surface area contributed by atoms with Gasteiger partial charge in [-0.1, -0.05) is 18.0 Å². The Labute approximate surface area is 130 Å². The van der Waals surface area contributed by atoms with E-state index in [2.05, 4.69) is 16.9 Å². The summed E-state index contributed by atoms with van der Waals surface area (Å²) in [5.41, 5.74) is 7.07. The van der Waals surface area contributed by atoms with E-state index in [9.17, 15) is 0 Å². The van der Waals surface area contributed by atoms with E-state index in [1.54, 1.807) is 0 Å². The van der Waals surface area contributed by atoms with Crippen LogP contribution in [0.25, 0.3) is 10.9 Å². The highest BCUT2D eigenvalue weighted by atomic mass is 35.5. The third kappa shape index (κ3) is 3.16. The average molecular weight is 307 g/mol. The monoisotopic (exact) mass is 306 g/mol. The van der Waals surface area contributed by atoms with Gasteiger partial charge in [0.1, 0.15) is 0 Å². The molecule has 2 heterocycles. The van der Waals surface area contributed by atoms with Gasteiger partial charge < -0.3 is 10.6 Å². The van der Waals surface area contributed by atoms with Crippen molar-refractivity contribution in [2.24, 2.45) is 0 Å². The van der Waals surface area contributed by atoms with Crippen molar-refractivity contribution in [1.82, 2.24) is 14.7 Å². The van der Waals surface area contributed by atoms with Crippen LogP contribution in [0.1, 0.15) is 32.6 Å². The van der Waals surface area contributed by atoms with Crippen LogP contribution >= 0.6 is 11.6 Å². The number of nitrogen functional groups attached to an aromatic ring is 1. The van der Waals surface area contributed by atoms with Crippen LogP contribution in [0.3, 0.4) is 0 Å². The summed E-state index contributed by atoms with van der Waals surface area (Å²) in [5.74, 6) is 0.568. The summed E-state index contributed by atoms with van der Waals surface area (Å²) in [7, 11) is 0. The van der Waals surface area contributed by atoms with Gasteiger partial charge in [-0.05, 0) is 57.5 Å². The molecule has 0 saturated carbocycles. The van der Waals surface area contributed by atoms with E-state index in [1.807, 2.05) is 22.9 Å². The van der Waals surface area contributed by atoms with Crippen molar-refractivity contribution in [2.45, 2.75) is 45.2 Å². The molecule has 5 heteroatoms. The molecule has 1 atom stereocenters. The summed E-state index contributed by atoms with van der Waals surface area (Å²) in [6.45, 7) is 5.68. The van der Waals surface area contributed by atoms with Gasteiger partial charge in [0.25, 0.3) is 0 Å². The topological polar surface area (TPSA) is 47.1 Å².